The molecule has 0 aliphatic carbocycles. The van der Waals surface area contributed by atoms with Gasteiger partial charge in [0.05, 0.1) is 0 Å². The Morgan fingerprint density at radius 1 is 1.56 bits per heavy atom. The lowest BCUT2D eigenvalue weighted by atomic mass is 10.1. The Morgan fingerprint density at radius 3 is 3.00 bits per heavy atom. The first-order valence-electron chi connectivity index (χ1n) is 5.72. The predicted octanol–water partition coefficient (Wildman–Crippen LogP) is 2.80. The van der Waals surface area contributed by atoms with Gasteiger partial charge >= 0.3 is 5.97 Å². The van der Waals surface area contributed by atoms with E-state index in [9.17, 15) is 4.79 Å². The molecule has 0 spiro atoms. The third-order valence-corrected chi connectivity index (χ3v) is 2.77. The van der Waals surface area contributed by atoms with Crippen molar-refractivity contribution in [2.45, 2.75) is 19.5 Å². The average Bonchev–Trinajstić information content (AvgIpc) is 2.79. The second kappa shape index (κ2) is 5.06. The Morgan fingerprint density at radius 2 is 2.33 bits per heavy atom. The van der Waals surface area contributed by atoms with Gasteiger partial charge in [-0.1, -0.05) is 12.1 Å². The molecule has 0 fully saturated rings. The molecular weight excluding hydrogens is 230 g/mol. The van der Waals surface area contributed by atoms with E-state index in [1.54, 1.807) is 6.07 Å². The third kappa shape index (κ3) is 2.60. The van der Waals surface area contributed by atoms with Gasteiger partial charge in [0.1, 0.15) is 5.58 Å². The summed E-state index contributed by atoms with van der Waals surface area (Å²) in [6.07, 6.45) is 1.83. The molecule has 0 bridgehead atoms. The highest BCUT2D eigenvalue weighted by atomic mass is 16.4. The van der Waals surface area contributed by atoms with E-state index in [2.05, 4.69) is 11.9 Å². The molecule has 2 rings (SSSR count). The van der Waals surface area contributed by atoms with E-state index in [0.717, 1.165) is 10.9 Å². The van der Waals surface area contributed by atoms with Crippen LogP contribution in [0.2, 0.25) is 0 Å². The summed E-state index contributed by atoms with van der Waals surface area (Å²) in [4.78, 5) is 10.8. The van der Waals surface area contributed by atoms with Gasteiger partial charge in [-0.05, 0) is 30.7 Å². The molecule has 1 heterocycles. The number of fused-ring (bicyclic) bond motifs is 1. The van der Waals surface area contributed by atoms with Gasteiger partial charge in [-0.15, -0.1) is 6.58 Å². The average molecular weight is 245 g/mol. The van der Waals surface area contributed by atoms with Gasteiger partial charge in [-0.2, -0.15) is 0 Å². The second-order valence-corrected chi connectivity index (χ2v) is 4.19. The number of benzene rings is 1. The van der Waals surface area contributed by atoms with Crippen LogP contribution in [0, 0.1) is 0 Å². The summed E-state index contributed by atoms with van der Waals surface area (Å²) in [7, 11) is 0. The molecule has 1 aromatic heterocycles. The molecule has 0 amide bonds. The lowest BCUT2D eigenvalue weighted by Gasteiger charge is -2.08. The molecule has 2 N–H and O–H groups in total. The lowest BCUT2D eigenvalue weighted by molar-refractivity contribution is 0.0665. The molecule has 94 valence electrons. The van der Waals surface area contributed by atoms with E-state index in [4.69, 9.17) is 9.52 Å². The summed E-state index contributed by atoms with van der Waals surface area (Å²) in [5.74, 6) is -1.08. The smallest absolute Gasteiger partial charge is 0.371 e. The summed E-state index contributed by atoms with van der Waals surface area (Å²) in [6, 6.07) is 7.41. The summed E-state index contributed by atoms with van der Waals surface area (Å²) in [6.45, 7) is 6.43. The maximum Gasteiger partial charge on any atom is 0.371 e. The van der Waals surface area contributed by atoms with Crippen LogP contribution in [-0.4, -0.2) is 17.1 Å². The van der Waals surface area contributed by atoms with Crippen LogP contribution in [0.25, 0.3) is 11.0 Å². The van der Waals surface area contributed by atoms with Gasteiger partial charge in [0.2, 0.25) is 5.76 Å². The molecule has 0 radical (unpaired) electrons. The van der Waals surface area contributed by atoms with Crippen molar-refractivity contribution < 1.29 is 14.3 Å². The highest BCUT2D eigenvalue weighted by molar-refractivity contribution is 5.91. The van der Waals surface area contributed by atoms with E-state index < -0.39 is 5.97 Å². The number of hydrogen-bond acceptors (Lipinski definition) is 3. The second-order valence-electron chi connectivity index (χ2n) is 4.19. The zero-order valence-corrected chi connectivity index (χ0v) is 10.1. The van der Waals surface area contributed by atoms with Crippen LogP contribution >= 0.6 is 0 Å². The molecule has 0 aliphatic heterocycles. The van der Waals surface area contributed by atoms with Crippen LogP contribution in [-0.2, 0) is 6.54 Å². The van der Waals surface area contributed by atoms with Crippen molar-refractivity contribution >= 4 is 16.9 Å². The van der Waals surface area contributed by atoms with Crippen molar-refractivity contribution in [1.29, 1.82) is 0 Å². The first-order valence-corrected chi connectivity index (χ1v) is 5.72. The van der Waals surface area contributed by atoms with Crippen molar-refractivity contribution in [3.8, 4) is 0 Å². The Hall–Kier alpha value is -2.07. The minimum absolute atomic E-state index is 0.0328. The SMILES string of the molecule is C=CC(C)NCc1ccc2oc(C(=O)O)cc2c1. The fourth-order valence-corrected chi connectivity index (χ4v) is 1.67. The minimum atomic E-state index is -1.05. The summed E-state index contributed by atoms with van der Waals surface area (Å²) in [5.41, 5.74) is 1.67. The molecule has 2 aromatic rings. The van der Waals surface area contributed by atoms with Crippen molar-refractivity contribution in [3.63, 3.8) is 0 Å². The number of carbonyl (C=O) groups is 1. The molecule has 0 saturated heterocycles. The van der Waals surface area contributed by atoms with Gasteiger partial charge in [0.25, 0.3) is 0 Å². The van der Waals surface area contributed by atoms with Crippen LogP contribution < -0.4 is 5.32 Å². The zero-order chi connectivity index (χ0) is 13.1. The van der Waals surface area contributed by atoms with E-state index in [-0.39, 0.29) is 11.8 Å². The van der Waals surface area contributed by atoms with Gasteiger partial charge in [0.15, 0.2) is 0 Å². The number of carboxylic acids is 1. The highest BCUT2D eigenvalue weighted by Gasteiger charge is 2.10. The molecule has 1 aromatic carbocycles. The van der Waals surface area contributed by atoms with Gasteiger partial charge in [0, 0.05) is 18.0 Å². The lowest BCUT2D eigenvalue weighted by Crippen LogP contribution is -2.22. The fourth-order valence-electron chi connectivity index (χ4n) is 1.67. The first kappa shape index (κ1) is 12.4. The molecule has 4 heteroatoms. The molecule has 1 unspecified atom stereocenters. The number of hydrogen-bond donors (Lipinski definition) is 2. The predicted molar refractivity (Wildman–Crippen MR) is 69.7 cm³/mol. The van der Waals surface area contributed by atoms with Gasteiger partial charge in [-0.3, -0.25) is 0 Å². The molecule has 0 saturated carbocycles. The summed E-state index contributed by atoms with van der Waals surface area (Å²) in [5, 5.41) is 12.9. The Labute approximate surface area is 105 Å². The van der Waals surface area contributed by atoms with Crippen molar-refractivity contribution in [1.82, 2.24) is 5.32 Å². The summed E-state index contributed by atoms with van der Waals surface area (Å²) < 4.78 is 5.20. The van der Waals surface area contributed by atoms with Crippen molar-refractivity contribution in [3.05, 3.63) is 48.2 Å². The number of rotatable bonds is 5. The minimum Gasteiger partial charge on any atom is -0.475 e. The van der Waals surface area contributed by atoms with Crippen LogP contribution in [0.5, 0.6) is 0 Å². The Kier molecular flexibility index (Phi) is 3.48. The first-order chi connectivity index (χ1) is 8.60. The van der Waals surface area contributed by atoms with Crippen molar-refractivity contribution in [2.75, 3.05) is 0 Å². The van der Waals surface area contributed by atoms with Gasteiger partial charge in [-0.25, -0.2) is 4.79 Å². The van der Waals surface area contributed by atoms with Crippen LogP contribution in [0.4, 0.5) is 0 Å². The quantitative estimate of drug-likeness (QED) is 0.795. The van der Waals surface area contributed by atoms with E-state index in [0.29, 0.717) is 12.1 Å². The number of nitrogens with one attached hydrogen (secondary N) is 1. The largest absolute Gasteiger partial charge is 0.475 e. The zero-order valence-electron chi connectivity index (χ0n) is 10.1. The molecule has 4 nitrogen and oxygen atoms in total. The molecule has 18 heavy (non-hydrogen) atoms. The standard InChI is InChI=1S/C14H15NO3/c1-3-9(2)15-8-10-4-5-12-11(6-10)7-13(18-12)14(16)17/h3-7,9,15H,1,8H2,2H3,(H,16,17). The Bertz CT molecular complexity index is 586. The third-order valence-electron chi connectivity index (χ3n) is 2.77. The van der Waals surface area contributed by atoms with Crippen LogP contribution in [0.3, 0.4) is 0 Å². The molecule has 0 aliphatic rings. The highest BCUT2D eigenvalue weighted by Crippen LogP contribution is 2.20. The number of carboxylic acid groups (broad SMARTS) is 1. The van der Waals surface area contributed by atoms with Crippen LogP contribution in [0.15, 0.2) is 41.3 Å². The van der Waals surface area contributed by atoms with E-state index in [1.165, 1.54) is 6.07 Å². The monoisotopic (exact) mass is 245 g/mol. The topological polar surface area (TPSA) is 62.5 Å². The fraction of sp³-hybridized carbons (Fsp3) is 0.214. The summed E-state index contributed by atoms with van der Waals surface area (Å²) >= 11 is 0. The van der Waals surface area contributed by atoms with Crippen LogP contribution in [0.1, 0.15) is 23.0 Å². The van der Waals surface area contributed by atoms with Crippen molar-refractivity contribution in [2.24, 2.45) is 0 Å². The van der Waals surface area contributed by atoms with E-state index >= 15 is 0 Å². The Balaban J connectivity index is 2.21. The van der Waals surface area contributed by atoms with E-state index in [1.807, 2.05) is 25.1 Å². The van der Waals surface area contributed by atoms with Gasteiger partial charge < -0.3 is 14.8 Å². The molecular formula is C14H15NO3. The maximum atomic E-state index is 10.8. The molecule has 1 atom stereocenters. The normalized spacial score (nSPS) is 12.5. The maximum absolute atomic E-state index is 10.8. The number of aromatic carboxylic acids is 1. The number of furan rings is 1.